The summed E-state index contributed by atoms with van der Waals surface area (Å²) >= 11 is 0. The molecule has 1 aromatic rings. The van der Waals surface area contributed by atoms with Gasteiger partial charge in [0.15, 0.2) is 0 Å². The van der Waals surface area contributed by atoms with Crippen molar-refractivity contribution < 1.29 is 9.53 Å². The highest BCUT2D eigenvalue weighted by Crippen LogP contribution is 2.27. The van der Waals surface area contributed by atoms with Crippen LogP contribution in [0.3, 0.4) is 0 Å². The van der Waals surface area contributed by atoms with Gasteiger partial charge in [-0.25, -0.2) is 4.98 Å². The Balaban J connectivity index is 1.90. The van der Waals surface area contributed by atoms with Gasteiger partial charge in [-0.2, -0.15) is 0 Å². The first-order valence-corrected chi connectivity index (χ1v) is 7.05. The smallest absolute Gasteiger partial charge is 0.308 e. The van der Waals surface area contributed by atoms with Crippen LogP contribution in [0.2, 0.25) is 0 Å². The Bertz CT molecular complexity index is 417. The number of aromatic nitrogens is 1. The lowest BCUT2D eigenvalue weighted by molar-refractivity contribution is -0.149. The van der Waals surface area contributed by atoms with Crippen molar-refractivity contribution in [2.75, 3.05) is 11.9 Å². The van der Waals surface area contributed by atoms with Gasteiger partial charge in [0, 0.05) is 12.2 Å². The third kappa shape index (κ3) is 3.94. The van der Waals surface area contributed by atoms with Gasteiger partial charge in [-0.3, -0.25) is 4.79 Å². The molecule has 1 saturated carbocycles. The standard InChI is InChI=1S/C15H22N2O2/c1-3-19-15(18)12-5-4-6-13(9-12)17-14-8-7-11(2)10-16-14/h7-8,10,12-13H,3-6,9H2,1-2H3,(H,16,17)/t12-,13+/m0/s1. The highest BCUT2D eigenvalue weighted by atomic mass is 16.5. The van der Waals surface area contributed by atoms with Crippen LogP contribution in [0.25, 0.3) is 0 Å². The second-order valence-corrected chi connectivity index (χ2v) is 5.18. The van der Waals surface area contributed by atoms with Crippen LogP contribution in [0.4, 0.5) is 5.82 Å². The monoisotopic (exact) mass is 262 g/mol. The van der Waals surface area contributed by atoms with Crippen LogP contribution < -0.4 is 5.32 Å². The van der Waals surface area contributed by atoms with Gasteiger partial charge < -0.3 is 10.1 Å². The maximum atomic E-state index is 11.8. The van der Waals surface area contributed by atoms with Crippen LogP contribution in [0.1, 0.15) is 38.2 Å². The molecular weight excluding hydrogens is 240 g/mol. The van der Waals surface area contributed by atoms with Crippen LogP contribution in [-0.2, 0) is 9.53 Å². The van der Waals surface area contributed by atoms with Crippen molar-refractivity contribution in [2.24, 2.45) is 5.92 Å². The first-order chi connectivity index (χ1) is 9.19. The molecule has 4 nitrogen and oxygen atoms in total. The minimum Gasteiger partial charge on any atom is -0.466 e. The predicted molar refractivity (Wildman–Crippen MR) is 75.0 cm³/mol. The minimum absolute atomic E-state index is 0.0386. The molecule has 0 radical (unpaired) electrons. The fraction of sp³-hybridized carbons (Fsp3) is 0.600. The molecule has 104 valence electrons. The van der Waals surface area contributed by atoms with Gasteiger partial charge in [0.2, 0.25) is 0 Å². The Hall–Kier alpha value is -1.58. The Morgan fingerprint density at radius 1 is 1.47 bits per heavy atom. The molecule has 2 atom stereocenters. The van der Waals surface area contributed by atoms with Crippen LogP contribution >= 0.6 is 0 Å². The zero-order valence-electron chi connectivity index (χ0n) is 11.7. The Morgan fingerprint density at radius 2 is 2.32 bits per heavy atom. The van der Waals surface area contributed by atoms with Gasteiger partial charge in [-0.05, 0) is 44.7 Å². The van der Waals surface area contributed by atoms with E-state index in [1.165, 1.54) is 0 Å². The van der Waals surface area contributed by atoms with E-state index in [9.17, 15) is 4.79 Å². The van der Waals surface area contributed by atoms with E-state index in [4.69, 9.17) is 4.74 Å². The maximum Gasteiger partial charge on any atom is 0.308 e. The molecule has 0 aromatic carbocycles. The summed E-state index contributed by atoms with van der Waals surface area (Å²) < 4.78 is 5.11. The number of pyridine rings is 1. The van der Waals surface area contributed by atoms with E-state index in [-0.39, 0.29) is 11.9 Å². The van der Waals surface area contributed by atoms with Crippen molar-refractivity contribution in [2.45, 2.75) is 45.6 Å². The summed E-state index contributed by atoms with van der Waals surface area (Å²) in [7, 11) is 0. The molecule has 1 aromatic heterocycles. The number of carbonyl (C=O) groups is 1. The Morgan fingerprint density at radius 3 is 3.00 bits per heavy atom. The van der Waals surface area contributed by atoms with Crippen molar-refractivity contribution in [1.82, 2.24) is 4.98 Å². The lowest BCUT2D eigenvalue weighted by Gasteiger charge is -2.28. The number of ether oxygens (including phenoxy) is 1. The summed E-state index contributed by atoms with van der Waals surface area (Å²) in [5, 5.41) is 3.42. The number of rotatable bonds is 4. The summed E-state index contributed by atoms with van der Waals surface area (Å²) in [5.41, 5.74) is 1.15. The minimum atomic E-state index is -0.0501. The predicted octanol–water partition coefficient (Wildman–Crippen LogP) is 2.92. The number of anilines is 1. The molecule has 19 heavy (non-hydrogen) atoms. The van der Waals surface area contributed by atoms with Crippen LogP contribution in [-0.4, -0.2) is 23.6 Å². The number of hydrogen-bond donors (Lipinski definition) is 1. The first kappa shape index (κ1) is 13.8. The fourth-order valence-corrected chi connectivity index (χ4v) is 2.56. The molecule has 4 heteroatoms. The quantitative estimate of drug-likeness (QED) is 0.848. The molecule has 1 aliphatic rings. The van der Waals surface area contributed by atoms with E-state index in [0.717, 1.165) is 37.1 Å². The Kier molecular flexibility index (Phi) is 4.77. The van der Waals surface area contributed by atoms with Gasteiger partial charge in [-0.15, -0.1) is 0 Å². The average molecular weight is 262 g/mol. The molecule has 0 amide bonds. The van der Waals surface area contributed by atoms with Gasteiger partial charge >= 0.3 is 5.97 Å². The zero-order valence-corrected chi connectivity index (χ0v) is 11.7. The highest BCUT2D eigenvalue weighted by molar-refractivity contribution is 5.72. The van der Waals surface area contributed by atoms with Crippen LogP contribution in [0, 0.1) is 12.8 Å². The fourth-order valence-electron chi connectivity index (χ4n) is 2.56. The lowest BCUT2D eigenvalue weighted by atomic mass is 9.85. The SMILES string of the molecule is CCOC(=O)[C@H]1CCC[C@@H](Nc2ccc(C)cn2)C1. The summed E-state index contributed by atoms with van der Waals surface area (Å²) in [4.78, 5) is 16.1. The summed E-state index contributed by atoms with van der Waals surface area (Å²) in [6, 6.07) is 4.35. The molecule has 1 N–H and O–H groups in total. The summed E-state index contributed by atoms with van der Waals surface area (Å²) in [6.07, 6.45) is 5.79. The van der Waals surface area contributed by atoms with Crippen molar-refractivity contribution in [3.05, 3.63) is 23.9 Å². The molecule has 0 unspecified atom stereocenters. The number of nitrogens with one attached hydrogen (secondary N) is 1. The van der Waals surface area contributed by atoms with E-state index in [1.807, 2.05) is 32.2 Å². The molecule has 0 saturated heterocycles. The van der Waals surface area contributed by atoms with Gasteiger partial charge in [0.05, 0.1) is 12.5 Å². The summed E-state index contributed by atoms with van der Waals surface area (Å²) in [6.45, 7) is 4.34. The lowest BCUT2D eigenvalue weighted by Crippen LogP contribution is -2.32. The van der Waals surface area contributed by atoms with E-state index in [1.54, 1.807) is 0 Å². The number of carbonyl (C=O) groups excluding carboxylic acids is 1. The van der Waals surface area contributed by atoms with Gasteiger partial charge in [0.25, 0.3) is 0 Å². The molecule has 0 aliphatic heterocycles. The van der Waals surface area contributed by atoms with Crippen molar-refractivity contribution in [3.8, 4) is 0 Å². The normalized spacial score (nSPS) is 22.8. The average Bonchev–Trinajstić information content (AvgIpc) is 2.42. The molecule has 0 bridgehead atoms. The van der Waals surface area contributed by atoms with E-state index in [0.29, 0.717) is 12.6 Å². The molecule has 1 heterocycles. The molecule has 1 fully saturated rings. The second kappa shape index (κ2) is 6.55. The number of nitrogens with zero attached hydrogens (tertiary/aromatic N) is 1. The first-order valence-electron chi connectivity index (χ1n) is 7.05. The largest absolute Gasteiger partial charge is 0.466 e. The van der Waals surface area contributed by atoms with Crippen LogP contribution in [0.15, 0.2) is 18.3 Å². The topological polar surface area (TPSA) is 51.2 Å². The van der Waals surface area contributed by atoms with Crippen molar-refractivity contribution >= 4 is 11.8 Å². The van der Waals surface area contributed by atoms with Gasteiger partial charge in [-0.1, -0.05) is 12.5 Å². The van der Waals surface area contributed by atoms with E-state index in [2.05, 4.69) is 10.3 Å². The maximum absolute atomic E-state index is 11.8. The van der Waals surface area contributed by atoms with E-state index >= 15 is 0 Å². The number of hydrogen-bond acceptors (Lipinski definition) is 4. The summed E-state index contributed by atoms with van der Waals surface area (Å²) in [5.74, 6) is 0.877. The molecule has 2 rings (SSSR count). The third-order valence-corrected chi connectivity index (χ3v) is 3.56. The Labute approximate surface area is 114 Å². The van der Waals surface area contributed by atoms with Crippen molar-refractivity contribution in [3.63, 3.8) is 0 Å². The van der Waals surface area contributed by atoms with Crippen LogP contribution in [0.5, 0.6) is 0 Å². The second-order valence-electron chi connectivity index (χ2n) is 5.18. The number of aryl methyl sites for hydroxylation is 1. The molecule has 1 aliphatic carbocycles. The number of esters is 1. The molecular formula is C15H22N2O2. The van der Waals surface area contributed by atoms with Crippen molar-refractivity contribution in [1.29, 1.82) is 0 Å². The zero-order chi connectivity index (χ0) is 13.7. The third-order valence-electron chi connectivity index (χ3n) is 3.56. The molecule has 0 spiro atoms. The highest BCUT2D eigenvalue weighted by Gasteiger charge is 2.28. The van der Waals surface area contributed by atoms with Gasteiger partial charge in [0.1, 0.15) is 5.82 Å². The van der Waals surface area contributed by atoms with E-state index < -0.39 is 0 Å².